The predicted octanol–water partition coefficient (Wildman–Crippen LogP) is 4.28. The number of Topliss-reactive ketones (excluding diaryl/α,β-unsaturated/α-hetero) is 1. The average molecular weight is 508 g/mol. The number of aryl methyl sites for hydroxylation is 1. The number of carbonyl (C=O) groups is 2. The lowest BCUT2D eigenvalue weighted by molar-refractivity contribution is -0.858. The maximum atomic E-state index is 13.3. The van der Waals surface area contributed by atoms with Gasteiger partial charge in [0.1, 0.15) is 11.5 Å². The zero-order valence-electron chi connectivity index (χ0n) is 23.6. The number of nitrogens with one attached hydrogen (secondary N) is 1. The topological polar surface area (TPSA) is 71.3 Å². The molecule has 0 bridgehead atoms. The summed E-state index contributed by atoms with van der Waals surface area (Å²) in [5.41, 5.74) is 3.46. The number of aliphatic hydroxyl groups is 1. The summed E-state index contributed by atoms with van der Waals surface area (Å²) in [4.78, 5) is 29.4. The van der Waals surface area contributed by atoms with Crippen LogP contribution in [0.15, 0.2) is 48.0 Å². The first-order chi connectivity index (χ1) is 17.3. The summed E-state index contributed by atoms with van der Waals surface area (Å²) >= 11 is 0. The molecule has 6 nitrogen and oxygen atoms in total. The van der Waals surface area contributed by atoms with E-state index in [2.05, 4.69) is 48.7 Å². The van der Waals surface area contributed by atoms with E-state index < -0.39 is 17.7 Å². The molecule has 1 heterocycles. The lowest BCUT2D eigenvalue weighted by Gasteiger charge is -2.26. The van der Waals surface area contributed by atoms with Gasteiger partial charge in [-0.3, -0.25) is 9.59 Å². The van der Waals surface area contributed by atoms with Crippen molar-refractivity contribution in [2.75, 3.05) is 33.8 Å². The Morgan fingerprint density at radius 2 is 1.73 bits per heavy atom. The van der Waals surface area contributed by atoms with Gasteiger partial charge in [0, 0.05) is 18.5 Å². The first-order valence-electron chi connectivity index (χ1n) is 13.2. The van der Waals surface area contributed by atoms with Crippen LogP contribution in [-0.2, 0) is 15.0 Å². The quantitative estimate of drug-likeness (QED) is 0.302. The minimum Gasteiger partial charge on any atom is -0.507 e. The molecular formula is C31H43N2O4+. The van der Waals surface area contributed by atoms with Crippen molar-refractivity contribution in [1.82, 2.24) is 4.90 Å². The van der Waals surface area contributed by atoms with Crippen molar-refractivity contribution in [3.63, 3.8) is 0 Å². The molecule has 1 fully saturated rings. The molecule has 2 N–H and O–H groups in total. The van der Waals surface area contributed by atoms with Gasteiger partial charge in [0.15, 0.2) is 0 Å². The van der Waals surface area contributed by atoms with E-state index in [9.17, 15) is 14.7 Å². The number of ketones is 1. The summed E-state index contributed by atoms with van der Waals surface area (Å²) < 4.78 is 5.88. The highest BCUT2D eigenvalue weighted by Gasteiger charge is 2.46. The molecule has 1 aliphatic rings. The summed E-state index contributed by atoms with van der Waals surface area (Å²) in [6, 6.07) is 12.8. The molecule has 0 aromatic heterocycles. The molecule has 0 radical (unpaired) electrons. The van der Waals surface area contributed by atoms with Crippen LogP contribution in [0.4, 0.5) is 0 Å². The van der Waals surface area contributed by atoms with Gasteiger partial charge >= 0.3 is 0 Å². The molecule has 6 heteroatoms. The molecule has 2 aromatic carbocycles. The Labute approximate surface area is 221 Å². The third-order valence-electron chi connectivity index (χ3n) is 6.73. The molecule has 3 rings (SSSR count). The molecule has 2 aromatic rings. The van der Waals surface area contributed by atoms with Crippen LogP contribution in [-0.4, -0.2) is 55.5 Å². The summed E-state index contributed by atoms with van der Waals surface area (Å²) in [5.74, 6) is -0.220. The van der Waals surface area contributed by atoms with E-state index in [1.165, 1.54) is 4.90 Å². The molecule has 1 saturated heterocycles. The van der Waals surface area contributed by atoms with E-state index in [-0.39, 0.29) is 16.7 Å². The second kappa shape index (κ2) is 11.5. The summed E-state index contributed by atoms with van der Waals surface area (Å²) in [6.45, 7) is 14.4. The largest absolute Gasteiger partial charge is 0.507 e. The van der Waals surface area contributed by atoms with Crippen LogP contribution in [0.1, 0.15) is 69.3 Å². The fourth-order valence-corrected chi connectivity index (χ4v) is 4.60. The molecule has 37 heavy (non-hydrogen) atoms. The Morgan fingerprint density at radius 1 is 1.08 bits per heavy atom. The summed E-state index contributed by atoms with van der Waals surface area (Å²) in [7, 11) is 4.13. The number of amides is 1. The standard InChI is InChI=1S/C31H42N2O4/c1-20(2)19-37-25-15-12-23(18-21(25)3)28(34)26-27(22-10-13-24(14-11-22)31(4,5)6)33(30(36)29(26)35)17-9-16-32(7)8/h10-15,18,20,27,34H,9,16-17,19H2,1-8H3/p+1/t27-/m0/s1. The van der Waals surface area contributed by atoms with Gasteiger partial charge in [-0.05, 0) is 53.1 Å². The highest BCUT2D eigenvalue weighted by atomic mass is 16.5. The van der Waals surface area contributed by atoms with Crippen LogP contribution in [0, 0.1) is 12.8 Å². The van der Waals surface area contributed by atoms with Crippen molar-refractivity contribution in [3.8, 4) is 5.75 Å². The molecule has 200 valence electrons. The number of hydrogen-bond donors (Lipinski definition) is 2. The second-order valence-corrected chi connectivity index (χ2v) is 11.9. The molecule has 0 saturated carbocycles. The van der Waals surface area contributed by atoms with E-state index in [1.807, 2.05) is 43.3 Å². The normalized spacial score (nSPS) is 17.8. The fraction of sp³-hybridized carbons (Fsp3) is 0.484. The number of ether oxygens (including phenoxy) is 1. The summed E-state index contributed by atoms with van der Waals surface area (Å²) in [6.07, 6.45) is 0.757. The van der Waals surface area contributed by atoms with Gasteiger partial charge in [-0.1, -0.05) is 58.9 Å². The number of nitrogens with zero attached hydrogens (tertiary/aromatic N) is 1. The molecule has 0 spiro atoms. The maximum absolute atomic E-state index is 13.3. The number of likely N-dealkylation sites (tertiary alicyclic amines) is 1. The van der Waals surface area contributed by atoms with E-state index in [4.69, 9.17) is 4.74 Å². The Morgan fingerprint density at radius 3 is 2.27 bits per heavy atom. The Kier molecular flexibility index (Phi) is 8.85. The third kappa shape index (κ3) is 6.61. The zero-order chi connectivity index (χ0) is 27.5. The third-order valence-corrected chi connectivity index (χ3v) is 6.73. The van der Waals surface area contributed by atoms with Crippen LogP contribution < -0.4 is 9.64 Å². The highest BCUT2D eigenvalue weighted by Crippen LogP contribution is 2.40. The Balaban J connectivity index is 2.06. The SMILES string of the molecule is Cc1cc(C(O)=C2C(=O)C(=O)N(CCC[NH+](C)C)[C@H]2c2ccc(C(C)(C)C)cc2)ccc1OCC(C)C. The van der Waals surface area contributed by atoms with Crippen LogP contribution in [0.25, 0.3) is 5.76 Å². The van der Waals surface area contributed by atoms with Gasteiger partial charge in [-0.2, -0.15) is 0 Å². The van der Waals surface area contributed by atoms with Crippen molar-refractivity contribution < 1.29 is 24.3 Å². The highest BCUT2D eigenvalue weighted by molar-refractivity contribution is 6.46. The lowest BCUT2D eigenvalue weighted by atomic mass is 9.85. The van der Waals surface area contributed by atoms with Gasteiger partial charge in [0.25, 0.3) is 11.7 Å². The molecule has 1 atom stereocenters. The molecule has 1 amide bonds. The van der Waals surface area contributed by atoms with Crippen molar-refractivity contribution in [2.45, 2.75) is 59.4 Å². The van der Waals surface area contributed by atoms with Gasteiger partial charge in [0.2, 0.25) is 0 Å². The van der Waals surface area contributed by atoms with Crippen LogP contribution in [0.3, 0.4) is 0 Å². The second-order valence-electron chi connectivity index (χ2n) is 11.9. The minimum absolute atomic E-state index is 0.0221. The number of benzene rings is 2. The predicted molar refractivity (Wildman–Crippen MR) is 148 cm³/mol. The zero-order valence-corrected chi connectivity index (χ0v) is 23.6. The monoisotopic (exact) mass is 507 g/mol. The van der Waals surface area contributed by atoms with Gasteiger partial charge in [-0.25, -0.2) is 0 Å². The van der Waals surface area contributed by atoms with E-state index in [1.54, 1.807) is 11.0 Å². The van der Waals surface area contributed by atoms with Crippen LogP contribution >= 0.6 is 0 Å². The van der Waals surface area contributed by atoms with Crippen molar-refractivity contribution in [1.29, 1.82) is 0 Å². The Hall–Kier alpha value is -3.12. The van der Waals surface area contributed by atoms with Crippen LogP contribution in [0.2, 0.25) is 0 Å². The first kappa shape index (κ1) is 28.5. The smallest absolute Gasteiger partial charge is 0.295 e. The molecular weight excluding hydrogens is 464 g/mol. The van der Waals surface area contributed by atoms with E-state index in [0.29, 0.717) is 24.6 Å². The number of hydrogen-bond acceptors (Lipinski definition) is 4. The fourth-order valence-electron chi connectivity index (χ4n) is 4.60. The average Bonchev–Trinajstić information content (AvgIpc) is 3.07. The number of aliphatic hydroxyl groups excluding tert-OH is 1. The number of carbonyl (C=O) groups excluding carboxylic acids is 2. The molecule has 0 unspecified atom stereocenters. The maximum Gasteiger partial charge on any atom is 0.295 e. The first-order valence-corrected chi connectivity index (χ1v) is 13.2. The Bertz CT molecular complexity index is 1160. The lowest BCUT2D eigenvalue weighted by Crippen LogP contribution is -3.05. The van der Waals surface area contributed by atoms with Crippen molar-refractivity contribution >= 4 is 17.4 Å². The molecule has 1 aliphatic heterocycles. The van der Waals surface area contributed by atoms with Gasteiger partial charge in [0.05, 0.1) is 38.9 Å². The van der Waals surface area contributed by atoms with Gasteiger partial charge < -0.3 is 19.6 Å². The number of quaternary nitrogens is 1. The van der Waals surface area contributed by atoms with E-state index in [0.717, 1.165) is 35.4 Å². The minimum atomic E-state index is -0.641. The van der Waals surface area contributed by atoms with Crippen LogP contribution in [0.5, 0.6) is 5.75 Å². The van der Waals surface area contributed by atoms with Crippen molar-refractivity contribution in [2.24, 2.45) is 5.92 Å². The van der Waals surface area contributed by atoms with Gasteiger partial charge in [-0.15, -0.1) is 0 Å². The number of rotatable bonds is 9. The van der Waals surface area contributed by atoms with E-state index >= 15 is 0 Å². The van der Waals surface area contributed by atoms with Crippen molar-refractivity contribution in [3.05, 3.63) is 70.3 Å². The summed E-state index contributed by atoms with van der Waals surface area (Å²) in [5, 5.41) is 11.4. The molecule has 0 aliphatic carbocycles.